The van der Waals surface area contributed by atoms with E-state index in [-0.39, 0.29) is 11.7 Å². The molecule has 1 amide bonds. The van der Waals surface area contributed by atoms with Gasteiger partial charge in [-0.05, 0) is 53.6 Å². The first-order valence-electron chi connectivity index (χ1n) is 8.27. The summed E-state index contributed by atoms with van der Waals surface area (Å²) in [5, 5.41) is 14.8. The van der Waals surface area contributed by atoms with Gasteiger partial charge in [0.05, 0.1) is 17.1 Å². The SMILES string of the molecule is Cc1cccc(-n2nnnc2SCC(=O)Nc2ccccc2SC(F)F)c1C. The zero-order chi connectivity index (χ0) is 20.1. The van der Waals surface area contributed by atoms with Crippen LogP contribution in [0.25, 0.3) is 5.69 Å². The van der Waals surface area contributed by atoms with Crippen LogP contribution in [0.3, 0.4) is 0 Å². The summed E-state index contributed by atoms with van der Waals surface area (Å²) >= 11 is 1.56. The number of halogens is 2. The van der Waals surface area contributed by atoms with E-state index < -0.39 is 5.76 Å². The Hall–Kier alpha value is -2.46. The van der Waals surface area contributed by atoms with Crippen LogP contribution in [0.15, 0.2) is 52.5 Å². The second kappa shape index (κ2) is 9.16. The smallest absolute Gasteiger partial charge is 0.288 e. The molecule has 3 rings (SSSR count). The Kier molecular flexibility index (Phi) is 6.63. The van der Waals surface area contributed by atoms with Crippen LogP contribution < -0.4 is 5.32 Å². The van der Waals surface area contributed by atoms with Crippen LogP contribution in [0, 0.1) is 13.8 Å². The van der Waals surface area contributed by atoms with Crippen molar-refractivity contribution in [1.82, 2.24) is 20.2 Å². The molecule has 0 fully saturated rings. The first-order chi connectivity index (χ1) is 13.5. The Labute approximate surface area is 169 Å². The molecule has 0 saturated heterocycles. The summed E-state index contributed by atoms with van der Waals surface area (Å²) in [4.78, 5) is 12.6. The zero-order valence-corrected chi connectivity index (χ0v) is 16.7. The molecule has 0 aliphatic heterocycles. The number of amides is 1. The van der Waals surface area contributed by atoms with Crippen LogP contribution in [0.4, 0.5) is 14.5 Å². The topological polar surface area (TPSA) is 72.7 Å². The number of aryl methyl sites for hydroxylation is 1. The van der Waals surface area contributed by atoms with E-state index in [1.807, 2.05) is 32.0 Å². The van der Waals surface area contributed by atoms with Crippen molar-refractivity contribution in [3.63, 3.8) is 0 Å². The fourth-order valence-corrected chi connectivity index (χ4v) is 3.75. The average molecular weight is 421 g/mol. The summed E-state index contributed by atoms with van der Waals surface area (Å²) < 4.78 is 26.9. The lowest BCUT2D eigenvalue weighted by Crippen LogP contribution is -2.15. The number of tetrazole rings is 1. The van der Waals surface area contributed by atoms with Gasteiger partial charge in [0.15, 0.2) is 0 Å². The van der Waals surface area contributed by atoms with Crippen LogP contribution >= 0.6 is 23.5 Å². The summed E-state index contributed by atoms with van der Waals surface area (Å²) in [6.45, 7) is 3.98. The number of alkyl halides is 2. The van der Waals surface area contributed by atoms with E-state index in [1.165, 1.54) is 11.8 Å². The summed E-state index contributed by atoms with van der Waals surface area (Å²) in [7, 11) is 0. The zero-order valence-electron chi connectivity index (χ0n) is 15.1. The van der Waals surface area contributed by atoms with Crippen LogP contribution in [-0.4, -0.2) is 37.6 Å². The molecule has 2 aromatic carbocycles. The van der Waals surface area contributed by atoms with Crippen LogP contribution in [0.5, 0.6) is 0 Å². The molecule has 0 aliphatic rings. The molecule has 0 bridgehead atoms. The second-order valence-corrected chi connectivity index (χ2v) is 7.78. The van der Waals surface area contributed by atoms with Gasteiger partial charge in [0.2, 0.25) is 11.1 Å². The Bertz CT molecular complexity index is 980. The van der Waals surface area contributed by atoms with Gasteiger partial charge in [-0.3, -0.25) is 4.79 Å². The third-order valence-electron chi connectivity index (χ3n) is 3.95. The molecule has 0 spiro atoms. The van der Waals surface area contributed by atoms with Crippen LogP contribution in [0.1, 0.15) is 11.1 Å². The largest absolute Gasteiger partial charge is 0.324 e. The highest BCUT2D eigenvalue weighted by molar-refractivity contribution is 8.00. The van der Waals surface area contributed by atoms with Crippen LogP contribution in [-0.2, 0) is 4.79 Å². The van der Waals surface area contributed by atoms with Gasteiger partial charge in [-0.1, -0.05) is 47.8 Å². The number of hydrogen-bond acceptors (Lipinski definition) is 6. The number of aromatic nitrogens is 4. The maximum atomic E-state index is 12.7. The normalized spacial score (nSPS) is 11.0. The van der Waals surface area contributed by atoms with Crippen molar-refractivity contribution in [3.05, 3.63) is 53.6 Å². The highest BCUT2D eigenvalue weighted by atomic mass is 32.2. The molecule has 146 valence electrons. The minimum absolute atomic E-state index is 0.0406. The van der Waals surface area contributed by atoms with E-state index in [9.17, 15) is 13.6 Å². The maximum absolute atomic E-state index is 12.7. The Morgan fingerprint density at radius 1 is 1.18 bits per heavy atom. The number of nitrogens with one attached hydrogen (secondary N) is 1. The molecule has 1 aromatic heterocycles. The fourth-order valence-electron chi connectivity index (χ4n) is 2.47. The predicted octanol–water partition coefficient (Wildman–Crippen LogP) is 4.32. The third-order valence-corrected chi connectivity index (χ3v) is 5.66. The number of anilines is 1. The fraction of sp³-hybridized carbons (Fsp3) is 0.222. The van der Waals surface area contributed by atoms with Gasteiger partial charge in [0, 0.05) is 4.90 Å². The molecule has 1 N–H and O–H groups in total. The summed E-state index contributed by atoms with van der Waals surface area (Å²) in [5.74, 6) is -2.85. The first kappa shape index (κ1) is 20.3. The predicted molar refractivity (Wildman–Crippen MR) is 106 cm³/mol. The quantitative estimate of drug-likeness (QED) is 0.573. The number of carbonyl (C=O) groups excluding carboxylic acids is 1. The third kappa shape index (κ3) is 4.87. The lowest BCUT2D eigenvalue weighted by Gasteiger charge is -2.11. The van der Waals surface area contributed by atoms with Gasteiger partial charge in [0.25, 0.3) is 5.76 Å². The monoisotopic (exact) mass is 421 g/mol. The summed E-state index contributed by atoms with van der Waals surface area (Å²) in [6, 6.07) is 12.3. The Morgan fingerprint density at radius 2 is 1.96 bits per heavy atom. The van der Waals surface area contributed by atoms with Crippen LogP contribution in [0.2, 0.25) is 0 Å². The lowest BCUT2D eigenvalue weighted by atomic mass is 10.1. The molecular weight excluding hydrogens is 404 g/mol. The molecule has 28 heavy (non-hydrogen) atoms. The van der Waals surface area contributed by atoms with E-state index in [2.05, 4.69) is 20.8 Å². The van der Waals surface area contributed by atoms with Crippen molar-refractivity contribution in [2.24, 2.45) is 0 Å². The first-order valence-corrected chi connectivity index (χ1v) is 10.1. The van der Waals surface area contributed by atoms with Crippen molar-refractivity contribution >= 4 is 35.1 Å². The number of thioether (sulfide) groups is 2. The Balaban J connectivity index is 1.69. The lowest BCUT2D eigenvalue weighted by molar-refractivity contribution is -0.113. The van der Waals surface area contributed by atoms with Crippen molar-refractivity contribution in [3.8, 4) is 5.69 Å². The van der Waals surface area contributed by atoms with Gasteiger partial charge in [-0.15, -0.1) is 5.10 Å². The minimum atomic E-state index is -2.56. The van der Waals surface area contributed by atoms with Crippen molar-refractivity contribution in [2.45, 2.75) is 29.7 Å². The highest BCUT2D eigenvalue weighted by Gasteiger charge is 2.15. The standard InChI is InChI=1S/C18H17F2N5OS2/c1-11-6-5-8-14(12(11)2)25-18(22-23-24-25)27-10-16(26)21-13-7-3-4-9-15(13)28-17(19)20/h3-9,17H,10H2,1-2H3,(H,21,26). The number of hydrogen-bond donors (Lipinski definition) is 1. The molecule has 0 radical (unpaired) electrons. The number of para-hydroxylation sites is 1. The van der Waals surface area contributed by atoms with Gasteiger partial charge in [-0.25, -0.2) is 0 Å². The van der Waals surface area contributed by atoms with E-state index in [0.717, 1.165) is 16.8 Å². The molecule has 0 saturated carbocycles. The molecule has 0 aliphatic carbocycles. The number of nitrogens with zero attached hydrogens (tertiary/aromatic N) is 4. The van der Waals surface area contributed by atoms with Crippen molar-refractivity contribution in [1.29, 1.82) is 0 Å². The maximum Gasteiger partial charge on any atom is 0.288 e. The summed E-state index contributed by atoms with van der Waals surface area (Å²) in [6.07, 6.45) is 0. The molecule has 0 unspecified atom stereocenters. The Morgan fingerprint density at radius 3 is 2.75 bits per heavy atom. The van der Waals surface area contributed by atoms with Crippen molar-refractivity contribution < 1.29 is 13.6 Å². The minimum Gasteiger partial charge on any atom is -0.324 e. The van der Waals surface area contributed by atoms with Crippen molar-refractivity contribution in [2.75, 3.05) is 11.1 Å². The van der Waals surface area contributed by atoms with E-state index in [0.29, 0.717) is 27.5 Å². The van der Waals surface area contributed by atoms with E-state index in [4.69, 9.17) is 0 Å². The number of benzene rings is 2. The summed E-state index contributed by atoms with van der Waals surface area (Å²) in [5.41, 5.74) is 3.34. The van der Waals surface area contributed by atoms with E-state index >= 15 is 0 Å². The van der Waals surface area contributed by atoms with E-state index in [1.54, 1.807) is 28.9 Å². The van der Waals surface area contributed by atoms with Gasteiger partial charge in [-0.2, -0.15) is 13.5 Å². The molecule has 3 aromatic rings. The molecule has 6 nitrogen and oxygen atoms in total. The number of carbonyl (C=O) groups is 1. The van der Waals surface area contributed by atoms with Gasteiger partial charge < -0.3 is 5.32 Å². The molecule has 10 heteroatoms. The molecular formula is C18H17F2N5OS2. The second-order valence-electron chi connectivity index (χ2n) is 5.80. The molecule has 1 heterocycles. The average Bonchev–Trinajstić information content (AvgIpc) is 3.12. The molecule has 0 atom stereocenters. The van der Waals surface area contributed by atoms with Gasteiger partial charge >= 0.3 is 0 Å². The highest BCUT2D eigenvalue weighted by Crippen LogP contribution is 2.32. The number of rotatable bonds is 7. The van der Waals surface area contributed by atoms with Gasteiger partial charge in [0.1, 0.15) is 0 Å².